The molecule has 1 unspecified atom stereocenters. The van der Waals surface area contributed by atoms with Gasteiger partial charge in [0, 0.05) is 26.3 Å². The summed E-state index contributed by atoms with van der Waals surface area (Å²) < 4.78 is 16.3. The highest BCUT2D eigenvalue weighted by Crippen LogP contribution is 2.18. The average Bonchev–Trinajstić information content (AvgIpc) is 2.60. The molecule has 24 heavy (non-hydrogen) atoms. The van der Waals surface area contributed by atoms with Crippen LogP contribution in [0.2, 0.25) is 0 Å². The van der Waals surface area contributed by atoms with Crippen molar-refractivity contribution in [2.45, 2.75) is 33.3 Å². The first-order valence-electron chi connectivity index (χ1n) is 8.60. The first-order chi connectivity index (χ1) is 11.7. The minimum Gasteiger partial charge on any atom is -0.497 e. The average molecular weight is 337 g/mol. The molecule has 2 N–H and O–H groups in total. The zero-order valence-corrected chi connectivity index (χ0v) is 15.3. The van der Waals surface area contributed by atoms with Crippen molar-refractivity contribution in [2.75, 3.05) is 40.0 Å². The van der Waals surface area contributed by atoms with Crippen molar-refractivity contribution in [3.8, 4) is 11.5 Å². The molecule has 0 amide bonds. The van der Waals surface area contributed by atoms with Crippen LogP contribution in [0.1, 0.15) is 27.2 Å². The van der Waals surface area contributed by atoms with Gasteiger partial charge in [-0.25, -0.2) is 4.99 Å². The molecule has 0 saturated carbocycles. The fourth-order valence-corrected chi connectivity index (χ4v) is 2.01. The molecule has 1 aromatic carbocycles. The lowest BCUT2D eigenvalue weighted by Gasteiger charge is -2.15. The van der Waals surface area contributed by atoms with Crippen molar-refractivity contribution < 1.29 is 14.2 Å². The summed E-state index contributed by atoms with van der Waals surface area (Å²) in [4.78, 5) is 4.56. The van der Waals surface area contributed by atoms with Crippen molar-refractivity contribution in [3.05, 3.63) is 24.3 Å². The molecule has 0 radical (unpaired) electrons. The Morgan fingerprint density at radius 1 is 1.12 bits per heavy atom. The smallest absolute Gasteiger partial charge is 0.191 e. The fraction of sp³-hybridized carbons (Fsp3) is 0.611. The second-order valence-electron chi connectivity index (χ2n) is 5.30. The lowest BCUT2D eigenvalue weighted by Crippen LogP contribution is -2.38. The Morgan fingerprint density at radius 3 is 2.46 bits per heavy atom. The number of rotatable bonds is 11. The topological polar surface area (TPSA) is 64.1 Å². The van der Waals surface area contributed by atoms with Crippen LogP contribution in [0, 0.1) is 0 Å². The first-order valence-corrected chi connectivity index (χ1v) is 8.60. The third-order valence-corrected chi connectivity index (χ3v) is 3.21. The lowest BCUT2D eigenvalue weighted by atomic mass is 10.3. The minimum absolute atomic E-state index is 0.0164. The van der Waals surface area contributed by atoms with Crippen LogP contribution in [-0.2, 0) is 4.74 Å². The normalized spacial score (nSPS) is 12.6. The van der Waals surface area contributed by atoms with Crippen molar-refractivity contribution in [1.29, 1.82) is 0 Å². The highest BCUT2D eigenvalue weighted by Gasteiger charge is 2.05. The van der Waals surface area contributed by atoms with E-state index in [0.717, 1.165) is 50.2 Å². The highest BCUT2D eigenvalue weighted by atomic mass is 16.5. The first kappa shape index (κ1) is 20.1. The molecule has 0 spiro atoms. The molecular weight excluding hydrogens is 306 g/mol. The number of hydrogen-bond donors (Lipinski definition) is 2. The summed E-state index contributed by atoms with van der Waals surface area (Å²) in [5.74, 6) is 2.44. The number of hydrogen-bond acceptors (Lipinski definition) is 4. The van der Waals surface area contributed by atoms with Crippen molar-refractivity contribution in [2.24, 2.45) is 4.99 Å². The van der Waals surface area contributed by atoms with Gasteiger partial charge in [0.1, 0.15) is 17.6 Å². The van der Waals surface area contributed by atoms with E-state index in [2.05, 4.69) is 22.5 Å². The molecule has 1 rings (SSSR count). The Morgan fingerprint density at radius 2 is 1.83 bits per heavy atom. The van der Waals surface area contributed by atoms with E-state index in [1.807, 2.05) is 38.1 Å². The van der Waals surface area contributed by atoms with Crippen LogP contribution < -0.4 is 20.1 Å². The van der Waals surface area contributed by atoms with E-state index in [-0.39, 0.29) is 6.10 Å². The van der Waals surface area contributed by atoms with Crippen molar-refractivity contribution >= 4 is 5.96 Å². The van der Waals surface area contributed by atoms with Gasteiger partial charge in [0.2, 0.25) is 0 Å². The molecule has 0 aromatic heterocycles. The predicted molar refractivity (Wildman–Crippen MR) is 98.2 cm³/mol. The summed E-state index contributed by atoms with van der Waals surface area (Å²) in [6, 6.07) is 7.57. The molecule has 0 aliphatic heterocycles. The van der Waals surface area contributed by atoms with E-state index >= 15 is 0 Å². The van der Waals surface area contributed by atoms with E-state index in [1.165, 1.54) is 0 Å². The summed E-state index contributed by atoms with van der Waals surface area (Å²) in [5.41, 5.74) is 0. The van der Waals surface area contributed by atoms with Gasteiger partial charge in [-0.2, -0.15) is 0 Å². The third kappa shape index (κ3) is 8.62. The zero-order valence-electron chi connectivity index (χ0n) is 15.3. The van der Waals surface area contributed by atoms with E-state index < -0.39 is 0 Å². The fourth-order valence-electron chi connectivity index (χ4n) is 2.01. The Kier molecular flexibility index (Phi) is 10.4. The van der Waals surface area contributed by atoms with Crippen LogP contribution in [0.15, 0.2) is 29.3 Å². The van der Waals surface area contributed by atoms with Crippen LogP contribution in [0.25, 0.3) is 0 Å². The molecule has 0 fully saturated rings. The quantitative estimate of drug-likeness (QED) is 0.369. The van der Waals surface area contributed by atoms with E-state index in [9.17, 15) is 0 Å². The number of methoxy groups -OCH3 is 1. The summed E-state index contributed by atoms with van der Waals surface area (Å²) in [7, 11) is 1.65. The van der Waals surface area contributed by atoms with Crippen LogP contribution in [0.3, 0.4) is 0 Å². The molecule has 0 bridgehead atoms. The van der Waals surface area contributed by atoms with Gasteiger partial charge in [0.05, 0.1) is 13.7 Å². The molecule has 1 atom stereocenters. The number of ether oxygens (including phenoxy) is 3. The number of aliphatic imine (C=N–C) groups is 1. The van der Waals surface area contributed by atoms with Crippen LogP contribution >= 0.6 is 0 Å². The molecule has 0 saturated heterocycles. The molecule has 0 heterocycles. The molecular formula is C18H31N3O3. The minimum atomic E-state index is -0.0164. The Bertz CT molecular complexity index is 463. The number of nitrogens with one attached hydrogen (secondary N) is 2. The highest BCUT2D eigenvalue weighted by molar-refractivity contribution is 5.79. The molecule has 1 aromatic rings. The number of guanidine groups is 1. The van der Waals surface area contributed by atoms with Crippen LogP contribution in [0.5, 0.6) is 11.5 Å². The lowest BCUT2D eigenvalue weighted by molar-refractivity contribution is 0.145. The van der Waals surface area contributed by atoms with Gasteiger partial charge >= 0.3 is 0 Å². The molecule has 6 heteroatoms. The SMILES string of the molecule is CCNC(=NCC(C)Oc1ccc(OC)cc1)NCCCOCC. The maximum Gasteiger partial charge on any atom is 0.191 e. The van der Waals surface area contributed by atoms with E-state index in [4.69, 9.17) is 14.2 Å². The number of benzene rings is 1. The third-order valence-electron chi connectivity index (χ3n) is 3.21. The van der Waals surface area contributed by atoms with Gasteiger partial charge in [0.25, 0.3) is 0 Å². The Balaban J connectivity index is 2.39. The summed E-state index contributed by atoms with van der Waals surface area (Å²) in [6.45, 7) is 9.82. The van der Waals surface area contributed by atoms with Gasteiger partial charge in [-0.15, -0.1) is 0 Å². The molecule has 6 nitrogen and oxygen atoms in total. The van der Waals surface area contributed by atoms with Gasteiger partial charge in [-0.05, 0) is 51.5 Å². The Hall–Kier alpha value is -1.95. The maximum atomic E-state index is 5.86. The summed E-state index contributed by atoms with van der Waals surface area (Å²) in [6.07, 6.45) is 0.938. The predicted octanol–water partition coefficient (Wildman–Crippen LogP) is 2.44. The van der Waals surface area contributed by atoms with Crippen molar-refractivity contribution in [1.82, 2.24) is 10.6 Å². The van der Waals surface area contributed by atoms with Crippen molar-refractivity contribution in [3.63, 3.8) is 0 Å². The Labute approximate surface area is 145 Å². The molecule has 0 aliphatic rings. The molecule has 136 valence electrons. The van der Waals surface area contributed by atoms with Gasteiger partial charge < -0.3 is 24.8 Å². The van der Waals surface area contributed by atoms with Crippen LogP contribution in [0.4, 0.5) is 0 Å². The van der Waals surface area contributed by atoms with Crippen LogP contribution in [-0.4, -0.2) is 52.0 Å². The second-order valence-corrected chi connectivity index (χ2v) is 5.30. The maximum absolute atomic E-state index is 5.86. The number of nitrogens with zero attached hydrogens (tertiary/aromatic N) is 1. The van der Waals surface area contributed by atoms with Gasteiger partial charge in [-0.3, -0.25) is 0 Å². The zero-order chi connectivity index (χ0) is 17.6. The van der Waals surface area contributed by atoms with E-state index in [1.54, 1.807) is 7.11 Å². The molecule has 0 aliphatic carbocycles. The second kappa shape index (κ2) is 12.5. The van der Waals surface area contributed by atoms with Gasteiger partial charge in [0.15, 0.2) is 5.96 Å². The monoisotopic (exact) mass is 337 g/mol. The van der Waals surface area contributed by atoms with E-state index in [0.29, 0.717) is 6.54 Å². The largest absolute Gasteiger partial charge is 0.497 e. The summed E-state index contributed by atoms with van der Waals surface area (Å²) >= 11 is 0. The van der Waals surface area contributed by atoms with Gasteiger partial charge in [-0.1, -0.05) is 0 Å². The summed E-state index contributed by atoms with van der Waals surface area (Å²) in [5, 5.41) is 6.53. The standard InChI is InChI=1S/C18H31N3O3/c1-5-19-18(20-12-7-13-23-6-2)21-14-15(3)24-17-10-8-16(22-4)9-11-17/h8-11,15H,5-7,12-14H2,1-4H3,(H2,19,20,21).